The SMILES string of the molecule is C=CC(=O)N1CCCC(n2nc(-c3ccc(OCc4cc(F)ccc4F)c(Cl)c3)c3c(N)ncnc32)C1. The van der Waals surface area contributed by atoms with E-state index in [9.17, 15) is 13.6 Å². The molecule has 1 fully saturated rings. The minimum atomic E-state index is -0.572. The van der Waals surface area contributed by atoms with E-state index in [4.69, 9.17) is 27.2 Å². The van der Waals surface area contributed by atoms with Crippen LogP contribution in [0.5, 0.6) is 5.75 Å². The van der Waals surface area contributed by atoms with Crippen LogP contribution in [0.15, 0.2) is 55.4 Å². The van der Waals surface area contributed by atoms with Crippen molar-refractivity contribution in [2.45, 2.75) is 25.5 Å². The Kier molecular flexibility index (Phi) is 6.75. The van der Waals surface area contributed by atoms with Gasteiger partial charge < -0.3 is 15.4 Å². The fourth-order valence-electron chi connectivity index (χ4n) is 4.51. The second-order valence-corrected chi connectivity index (χ2v) is 9.11. The van der Waals surface area contributed by atoms with Crippen LogP contribution >= 0.6 is 11.6 Å². The standard InChI is InChI=1S/C26H23ClF2N6O2/c1-2-22(36)34-9-3-4-18(12-34)35-26-23(25(30)31-14-32-26)24(33-35)15-5-8-21(19(27)11-15)37-13-16-10-17(28)6-7-20(16)29/h2,5-8,10-11,14,18H,1,3-4,9,12-13H2,(H2,30,31,32). The van der Waals surface area contributed by atoms with Crippen LogP contribution in [-0.4, -0.2) is 43.6 Å². The first kappa shape index (κ1) is 24.6. The highest BCUT2D eigenvalue weighted by molar-refractivity contribution is 6.32. The van der Waals surface area contributed by atoms with Crippen molar-refractivity contribution in [3.8, 4) is 17.0 Å². The Labute approximate surface area is 216 Å². The number of carbonyl (C=O) groups excluding carboxylic acids is 1. The predicted molar refractivity (Wildman–Crippen MR) is 136 cm³/mol. The first-order chi connectivity index (χ1) is 17.9. The Hall–Kier alpha value is -4.05. The van der Waals surface area contributed by atoms with E-state index in [-0.39, 0.29) is 35.0 Å². The molecule has 0 spiro atoms. The number of fused-ring (bicyclic) bond motifs is 1. The summed E-state index contributed by atoms with van der Waals surface area (Å²) in [5, 5.41) is 5.66. The summed E-state index contributed by atoms with van der Waals surface area (Å²) in [6, 6.07) is 8.09. The van der Waals surface area contributed by atoms with Gasteiger partial charge in [-0.2, -0.15) is 5.10 Å². The molecule has 0 radical (unpaired) electrons. The van der Waals surface area contributed by atoms with Crippen molar-refractivity contribution < 1.29 is 18.3 Å². The molecule has 1 aliphatic heterocycles. The lowest BCUT2D eigenvalue weighted by Crippen LogP contribution is -2.40. The van der Waals surface area contributed by atoms with E-state index < -0.39 is 11.6 Å². The van der Waals surface area contributed by atoms with Crippen LogP contribution in [0.2, 0.25) is 5.02 Å². The predicted octanol–water partition coefficient (Wildman–Crippen LogP) is 4.94. The van der Waals surface area contributed by atoms with Crippen molar-refractivity contribution in [2.75, 3.05) is 18.8 Å². The molecule has 1 unspecified atom stereocenters. The maximum atomic E-state index is 13.9. The van der Waals surface area contributed by atoms with Gasteiger partial charge >= 0.3 is 0 Å². The second kappa shape index (κ2) is 10.1. The molecule has 4 aromatic rings. The monoisotopic (exact) mass is 524 g/mol. The number of nitrogens with two attached hydrogens (primary N) is 1. The van der Waals surface area contributed by atoms with Gasteiger partial charge in [0.15, 0.2) is 5.65 Å². The lowest BCUT2D eigenvalue weighted by Gasteiger charge is -2.32. The number of halogens is 3. The molecule has 5 rings (SSSR count). The quantitative estimate of drug-likeness (QED) is 0.359. The molecule has 2 aromatic heterocycles. The third kappa shape index (κ3) is 4.84. The highest BCUT2D eigenvalue weighted by atomic mass is 35.5. The van der Waals surface area contributed by atoms with Crippen molar-refractivity contribution in [2.24, 2.45) is 0 Å². The number of hydrogen-bond acceptors (Lipinski definition) is 6. The molecule has 1 atom stereocenters. The third-order valence-electron chi connectivity index (χ3n) is 6.34. The van der Waals surface area contributed by atoms with Crippen molar-refractivity contribution >= 4 is 34.4 Å². The van der Waals surface area contributed by atoms with Gasteiger partial charge in [-0.3, -0.25) is 4.79 Å². The van der Waals surface area contributed by atoms with Gasteiger partial charge in [0.05, 0.1) is 16.5 Å². The van der Waals surface area contributed by atoms with Crippen molar-refractivity contribution in [3.63, 3.8) is 0 Å². The molecule has 2 aromatic carbocycles. The topological polar surface area (TPSA) is 99.2 Å². The number of rotatable bonds is 6. The van der Waals surface area contributed by atoms with Crippen LogP contribution < -0.4 is 10.5 Å². The van der Waals surface area contributed by atoms with Crippen LogP contribution in [0.4, 0.5) is 14.6 Å². The largest absolute Gasteiger partial charge is 0.487 e. The summed E-state index contributed by atoms with van der Waals surface area (Å²) in [5.74, 6) is -0.695. The minimum Gasteiger partial charge on any atom is -0.487 e. The van der Waals surface area contributed by atoms with E-state index >= 15 is 0 Å². The fourth-order valence-corrected chi connectivity index (χ4v) is 4.75. The Bertz CT molecular complexity index is 1510. The highest BCUT2D eigenvalue weighted by Crippen LogP contribution is 2.37. The lowest BCUT2D eigenvalue weighted by atomic mass is 10.1. The molecule has 1 saturated heterocycles. The van der Waals surface area contributed by atoms with E-state index in [1.807, 2.05) is 0 Å². The number of piperidine rings is 1. The van der Waals surface area contributed by atoms with Gasteiger partial charge in [-0.15, -0.1) is 0 Å². The molecule has 0 bridgehead atoms. The van der Waals surface area contributed by atoms with Crippen molar-refractivity contribution in [3.05, 3.63) is 77.6 Å². The number of amides is 1. The molecule has 1 amide bonds. The molecule has 3 heterocycles. The van der Waals surface area contributed by atoms with E-state index in [2.05, 4.69) is 16.5 Å². The van der Waals surface area contributed by atoms with Crippen LogP contribution in [0, 0.1) is 11.6 Å². The summed E-state index contributed by atoms with van der Waals surface area (Å²) in [6.07, 6.45) is 4.31. The van der Waals surface area contributed by atoms with Crippen LogP contribution in [0.3, 0.4) is 0 Å². The van der Waals surface area contributed by atoms with Crippen molar-refractivity contribution in [1.82, 2.24) is 24.6 Å². The molecular weight excluding hydrogens is 502 g/mol. The average molecular weight is 525 g/mol. The van der Waals surface area contributed by atoms with Gasteiger partial charge in [-0.1, -0.05) is 18.2 Å². The molecular formula is C26H23ClF2N6O2. The van der Waals surface area contributed by atoms with E-state index in [1.54, 1.807) is 27.8 Å². The van der Waals surface area contributed by atoms with Gasteiger partial charge in [-0.05, 0) is 55.3 Å². The molecule has 8 nitrogen and oxygen atoms in total. The molecule has 37 heavy (non-hydrogen) atoms. The number of carbonyl (C=O) groups is 1. The summed E-state index contributed by atoms with van der Waals surface area (Å²) in [5.41, 5.74) is 8.04. The summed E-state index contributed by atoms with van der Waals surface area (Å²) in [6.45, 7) is 4.51. The minimum absolute atomic E-state index is 0.0752. The Balaban J connectivity index is 1.47. The molecule has 1 aliphatic rings. The number of hydrogen-bond donors (Lipinski definition) is 1. The van der Waals surface area contributed by atoms with Crippen molar-refractivity contribution in [1.29, 1.82) is 0 Å². The van der Waals surface area contributed by atoms with Gasteiger partial charge in [0, 0.05) is 24.2 Å². The molecule has 0 aliphatic carbocycles. The maximum Gasteiger partial charge on any atom is 0.246 e. The Morgan fingerprint density at radius 3 is 2.86 bits per heavy atom. The van der Waals surface area contributed by atoms with E-state index in [0.717, 1.165) is 31.0 Å². The van der Waals surface area contributed by atoms with E-state index in [0.29, 0.717) is 41.1 Å². The zero-order valence-electron chi connectivity index (χ0n) is 19.7. The van der Waals surface area contributed by atoms with Gasteiger partial charge in [-0.25, -0.2) is 23.4 Å². The summed E-state index contributed by atoms with van der Waals surface area (Å²) >= 11 is 6.49. The number of aromatic nitrogens is 4. The highest BCUT2D eigenvalue weighted by Gasteiger charge is 2.28. The number of benzene rings is 2. The van der Waals surface area contributed by atoms with Gasteiger partial charge in [0.2, 0.25) is 5.91 Å². The number of likely N-dealkylation sites (tertiary alicyclic amines) is 1. The second-order valence-electron chi connectivity index (χ2n) is 8.70. The normalized spacial score (nSPS) is 15.6. The maximum absolute atomic E-state index is 13.9. The molecule has 2 N–H and O–H groups in total. The smallest absolute Gasteiger partial charge is 0.246 e. The van der Waals surface area contributed by atoms with Crippen LogP contribution in [0.25, 0.3) is 22.3 Å². The summed E-state index contributed by atoms with van der Waals surface area (Å²) in [4.78, 5) is 22.5. The zero-order valence-corrected chi connectivity index (χ0v) is 20.5. The first-order valence-corrected chi connectivity index (χ1v) is 12.0. The van der Waals surface area contributed by atoms with Crippen LogP contribution in [-0.2, 0) is 11.4 Å². The Morgan fingerprint density at radius 2 is 2.08 bits per heavy atom. The molecule has 190 valence electrons. The van der Waals surface area contributed by atoms with Gasteiger partial charge in [0.1, 0.15) is 41.8 Å². The van der Waals surface area contributed by atoms with E-state index in [1.165, 1.54) is 12.4 Å². The lowest BCUT2D eigenvalue weighted by molar-refractivity contribution is -0.127. The number of nitrogen functional groups attached to an aromatic ring is 1. The molecule has 0 saturated carbocycles. The average Bonchev–Trinajstić information content (AvgIpc) is 3.30. The summed E-state index contributed by atoms with van der Waals surface area (Å²) < 4.78 is 34.9. The van der Waals surface area contributed by atoms with Gasteiger partial charge in [0.25, 0.3) is 0 Å². The third-order valence-corrected chi connectivity index (χ3v) is 6.64. The number of ether oxygens (including phenoxy) is 1. The number of anilines is 1. The fraction of sp³-hybridized carbons (Fsp3) is 0.231. The summed E-state index contributed by atoms with van der Waals surface area (Å²) in [7, 11) is 0. The first-order valence-electron chi connectivity index (χ1n) is 11.6. The Morgan fingerprint density at radius 1 is 1.24 bits per heavy atom. The number of nitrogens with zero attached hydrogens (tertiary/aromatic N) is 5. The molecule has 11 heteroatoms. The van der Waals surface area contributed by atoms with Crippen LogP contribution in [0.1, 0.15) is 24.4 Å². The zero-order chi connectivity index (χ0) is 26.1.